The lowest BCUT2D eigenvalue weighted by Crippen LogP contribution is -2.03. The lowest BCUT2D eigenvalue weighted by molar-refractivity contribution is 0.0683. The van der Waals surface area contributed by atoms with Crippen LogP contribution in [0.25, 0.3) is 11.3 Å². The van der Waals surface area contributed by atoms with Crippen LogP contribution >= 0.6 is 0 Å². The third kappa shape index (κ3) is 1.71. The molecule has 15 heavy (non-hydrogen) atoms. The number of aromatic nitrogens is 3. The molecule has 0 unspecified atom stereocenters. The minimum atomic E-state index is -1.12. The molecule has 0 amide bonds. The van der Waals surface area contributed by atoms with Crippen molar-refractivity contribution in [3.63, 3.8) is 0 Å². The van der Waals surface area contributed by atoms with E-state index in [0.29, 0.717) is 0 Å². The van der Waals surface area contributed by atoms with Crippen molar-refractivity contribution < 1.29 is 9.90 Å². The van der Waals surface area contributed by atoms with Gasteiger partial charge in [-0.1, -0.05) is 0 Å². The normalized spacial score (nSPS) is 10.2. The number of carboxylic acid groups (broad SMARTS) is 1. The van der Waals surface area contributed by atoms with Crippen LogP contribution in [0.15, 0.2) is 30.7 Å². The Balaban J connectivity index is 2.40. The molecule has 0 spiro atoms. The van der Waals surface area contributed by atoms with Gasteiger partial charge in [0.25, 0.3) is 0 Å². The van der Waals surface area contributed by atoms with Crippen LogP contribution in [-0.4, -0.2) is 25.6 Å². The number of nitrogens with zero attached hydrogens (tertiary/aromatic N) is 3. The number of hydrogen-bond donors (Lipinski definition) is 1. The van der Waals surface area contributed by atoms with Crippen LogP contribution in [0.4, 0.5) is 0 Å². The highest BCUT2D eigenvalue weighted by Gasteiger charge is 2.07. The van der Waals surface area contributed by atoms with Gasteiger partial charge in [0.15, 0.2) is 0 Å². The van der Waals surface area contributed by atoms with Gasteiger partial charge in [0.1, 0.15) is 0 Å². The van der Waals surface area contributed by atoms with Gasteiger partial charge in [-0.15, -0.1) is 0 Å². The minimum absolute atomic E-state index is 0.187. The molecule has 5 heteroatoms. The summed E-state index contributed by atoms with van der Waals surface area (Å²) in [7, 11) is 1.90. The third-order valence-corrected chi connectivity index (χ3v) is 2.08. The van der Waals surface area contributed by atoms with Crippen LogP contribution in [0.5, 0.6) is 0 Å². The van der Waals surface area contributed by atoms with Crippen LogP contribution in [0.1, 0.15) is 10.6 Å². The fourth-order valence-corrected chi connectivity index (χ4v) is 1.33. The van der Waals surface area contributed by atoms with Gasteiger partial charge >= 0.3 is 5.97 Å². The number of aryl methyl sites for hydroxylation is 1. The molecule has 2 aromatic rings. The van der Waals surface area contributed by atoms with Gasteiger partial charge in [0.2, 0.25) is 5.82 Å². The highest BCUT2D eigenvalue weighted by molar-refractivity contribution is 5.83. The molecule has 5 nitrogen and oxygen atoms in total. The van der Waals surface area contributed by atoms with Crippen molar-refractivity contribution in [2.24, 2.45) is 7.05 Å². The van der Waals surface area contributed by atoms with Gasteiger partial charge in [0.05, 0.1) is 5.69 Å². The van der Waals surface area contributed by atoms with Crippen molar-refractivity contribution in [3.8, 4) is 11.3 Å². The summed E-state index contributed by atoms with van der Waals surface area (Å²) in [6.07, 6.45) is 4.91. The Morgan fingerprint density at radius 2 is 2.07 bits per heavy atom. The Bertz CT molecular complexity index is 488. The Hall–Kier alpha value is -2.17. The number of rotatable bonds is 2. The maximum Gasteiger partial charge on any atom is 0.373 e. The second-order valence-electron chi connectivity index (χ2n) is 3.10. The standard InChI is InChI=1S/C10H9N3O2/c1-13-4-2-3-8(13)7-5-11-9(10(14)15)12-6-7/h2-6H,1H3,(H,14,15). The molecule has 2 aromatic heterocycles. The van der Waals surface area contributed by atoms with E-state index in [1.54, 1.807) is 0 Å². The van der Waals surface area contributed by atoms with E-state index in [4.69, 9.17) is 5.11 Å². The van der Waals surface area contributed by atoms with Gasteiger partial charge in [-0.05, 0) is 12.1 Å². The zero-order valence-corrected chi connectivity index (χ0v) is 8.08. The molecule has 0 aliphatic heterocycles. The highest BCUT2D eigenvalue weighted by Crippen LogP contribution is 2.16. The minimum Gasteiger partial charge on any atom is -0.475 e. The van der Waals surface area contributed by atoms with E-state index in [9.17, 15) is 4.79 Å². The van der Waals surface area contributed by atoms with Crippen molar-refractivity contribution in [2.75, 3.05) is 0 Å². The smallest absolute Gasteiger partial charge is 0.373 e. The van der Waals surface area contributed by atoms with Crippen LogP contribution < -0.4 is 0 Å². The third-order valence-electron chi connectivity index (χ3n) is 2.08. The molecule has 0 atom stereocenters. The average molecular weight is 203 g/mol. The summed E-state index contributed by atoms with van der Waals surface area (Å²) in [6.45, 7) is 0. The highest BCUT2D eigenvalue weighted by atomic mass is 16.4. The molecule has 76 valence electrons. The molecule has 0 aliphatic carbocycles. The van der Waals surface area contributed by atoms with Crippen molar-refractivity contribution in [3.05, 3.63) is 36.5 Å². The Labute approximate surface area is 86.0 Å². The van der Waals surface area contributed by atoms with Crippen molar-refractivity contribution in [2.45, 2.75) is 0 Å². The number of hydrogen-bond acceptors (Lipinski definition) is 3. The van der Waals surface area contributed by atoms with Crippen LogP contribution in [0, 0.1) is 0 Å². The SMILES string of the molecule is Cn1cccc1-c1cnc(C(=O)O)nc1. The largest absolute Gasteiger partial charge is 0.475 e. The number of carbonyl (C=O) groups is 1. The quantitative estimate of drug-likeness (QED) is 0.795. The topological polar surface area (TPSA) is 68.0 Å². The second kappa shape index (κ2) is 3.53. The lowest BCUT2D eigenvalue weighted by Gasteiger charge is -2.02. The maximum absolute atomic E-state index is 10.5. The second-order valence-corrected chi connectivity index (χ2v) is 3.10. The first kappa shape index (κ1) is 9.39. The Morgan fingerprint density at radius 3 is 2.53 bits per heavy atom. The molecular formula is C10H9N3O2. The van der Waals surface area contributed by atoms with E-state index >= 15 is 0 Å². The van der Waals surface area contributed by atoms with Crippen LogP contribution in [-0.2, 0) is 7.05 Å². The predicted molar refractivity (Wildman–Crippen MR) is 53.4 cm³/mol. The maximum atomic E-state index is 10.5. The Morgan fingerprint density at radius 1 is 1.40 bits per heavy atom. The zero-order valence-electron chi connectivity index (χ0n) is 8.08. The first-order valence-corrected chi connectivity index (χ1v) is 4.35. The fraction of sp³-hybridized carbons (Fsp3) is 0.100. The molecule has 0 fully saturated rings. The molecule has 1 N–H and O–H groups in total. The van der Waals surface area contributed by atoms with Crippen molar-refractivity contribution >= 4 is 5.97 Å². The van der Waals surface area contributed by atoms with Gasteiger partial charge in [0, 0.05) is 31.2 Å². The number of aromatic carboxylic acids is 1. The van der Waals surface area contributed by atoms with E-state index in [1.165, 1.54) is 12.4 Å². The summed E-state index contributed by atoms with van der Waals surface area (Å²) < 4.78 is 1.92. The van der Waals surface area contributed by atoms with Crippen LogP contribution in [0.3, 0.4) is 0 Å². The molecule has 2 heterocycles. The van der Waals surface area contributed by atoms with Crippen LogP contribution in [0.2, 0.25) is 0 Å². The monoisotopic (exact) mass is 203 g/mol. The predicted octanol–water partition coefficient (Wildman–Crippen LogP) is 1.18. The molecule has 0 aliphatic rings. The Kier molecular flexibility index (Phi) is 2.21. The lowest BCUT2D eigenvalue weighted by atomic mass is 10.2. The summed E-state index contributed by atoms with van der Waals surface area (Å²) in [4.78, 5) is 18.0. The van der Waals surface area contributed by atoms with Crippen molar-refractivity contribution in [1.29, 1.82) is 0 Å². The molecule has 0 saturated carbocycles. The summed E-state index contributed by atoms with van der Waals surface area (Å²) in [6, 6.07) is 3.82. The van der Waals surface area contributed by atoms with Crippen molar-refractivity contribution in [1.82, 2.24) is 14.5 Å². The van der Waals surface area contributed by atoms with E-state index in [0.717, 1.165) is 11.3 Å². The summed E-state index contributed by atoms with van der Waals surface area (Å²) in [5.74, 6) is -1.30. The molecule has 0 saturated heterocycles. The van der Waals surface area contributed by atoms with E-state index in [-0.39, 0.29) is 5.82 Å². The van der Waals surface area contributed by atoms with Gasteiger partial charge in [-0.2, -0.15) is 0 Å². The number of carboxylic acids is 1. The molecule has 2 rings (SSSR count). The molecule has 0 aromatic carbocycles. The first-order chi connectivity index (χ1) is 7.18. The van der Waals surface area contributed by atoms with Gasteiger partial charge < -0.3 is 9.67 Å². The van der Waals surface area contributed by atoms with Gasteiger partial charge in [-0.3, -0.25) is 0 Å². The summed E-state index contributed by atoms with van der Waals surface area (Å²) in [5.41, 5.74) is 1.75. The summed E-state index contributed by atoms with van der Waals surface area (Å²) >= 11 is 0. The van der Waals surface area contributed by atoms with E-state index in [2.05, 4.69) is 9.97 Å². The average Bonchev–Trinajstić information content (AvgIpc) is 2.65. The molecule has 0 radical (unpaired) electrons. The van der Waals surface area contributed by atoms with E-state index in [1.807, 2.05) is 29.9 Å². The van der Waals surface area contributed by atoms with Gasteiger partial charge in [-0.25, -0.2) is 14.8 Å². The summed E-state index contributed by atoms with van der Waals surface area (Å²) in [5, 5.41) is 8.63. The molecule has 0 bridgehead atoms. The zero-order chi connectivity index (χ0) is 10.8. The molecular weight excluding hydrogens is 194 g/mol. The van der Waals surface area contributed by atoms with E-state index < -0.39 is 5.97 Å². The fourth-order valence-electron chi connectivity index (χ4n) is 1.33. The first-order valence-electron chi connectivity index (χ1n) is 4.35.